The summed E-state index contributed by atoms with van der Waals surface area (Å²) in [4.78, 5) is 17.3. The summed E-state index contributed by atoms with van der Waals surface area (Å²) in [6.07, 6.45) is -3.18. The van der Waals surface area contributed by atoms with Crippen molar-refractivity contribution in [1.82, 2.24) is 9.97 Å². The van der Waals surface area contributed by atoms with E-state index in [-0.39, 0.29) is 18.1 Å². The minimum Gasteiger partial charge on any atom is -0.373 e. The van der Waals surface area contributed by atoms with Crippen molar-refractivity contribution in [2.45, 2.75) is 25.4 Å². The molecule has 0 spiro atoms. The number of aromatic nitrogens is 2. The summed E-state index contributed by atoms with van der Waals surface area (Å²) >= 11 is 0. The zero-order chi connectivity index (χ0) is 15.2. The first-order valence-corrected chi connectivity index (χ1v) is 5.99. The minimum atomic E-state index is -4.60. The second-order valence-electron chi connectivity index (χ2n) is 4.06. The van der Waals surface area contributed by atoms with E-state index in [1.54, 1.807) is 0 Å². The van der Waals surface area contributed by atoms with Gasteiger partial charge in [0, 0.05) is 26.1 Å². The highest BCUT2D eigenvalue weighted by Gasteiger charge is 2.35. The lowest BCUT2D eigenvalue weighted by Gasteiger charge is -2.11. The molecule has 0 unspecified atom stereocenters. The molecule has 0 fully saturated rings. The highest BCUT2D eigenvalue weighted by Crippen LogP contribution is 2.28. The molecule has 0 bridgehead atoms. The van der Waals surface area contributed by atoms with Crippen molar-refractivity contribution in [2.75, 3.05) is 24.2 Å². The van der Waals surface area contributed by atoms with Gasteiger partial charge >= 0.3 is 6.18 Å². The van der Waals surface area contributed by atoms with Crippen LogP contribution in [0.4, 0.5) is 24.8 Å². The third-order valence-electron chi connectivity index (χ3n) is 2.39. The topological polar surface area (TPSA) is 92.9 Å². The van der Waals surface area contributed by atoms with Gasteiger partial charge in [0.15, 0.2) is 0 Å². The molecule has 0 aliphatic carbocycles. The molecule has 0 aromatic carbocycles. The van der Waals surface area contributed by atoms with Crippen molar-refractivity contribution >= 4 is 17.5 Å². The van der Waals surface area contributed by atoms with Crippen LogP contribution >= 0.6 is 0 Å². The van der Waals surface area contributed by atoms with Gasteiger partial charge in [-0.1, -0.05) is 0 Å². The number of carbonyl (C=O) groups excluding carboxylic acids is 1. The fourth-order valence-corrected chi connectivity index (χ4v) is 1.43. The molecule has 112 valence electrons. The van der Waals surface area contributed by atoms with Crippen LogP contribution < -0.4 is 16.4 Å². The maximum Gasteiger partial charge on any atom is 0.451 e. The van der Waals surface area contributed by atoms with E-state index in [1.165, 1.54) is 13.1 Å². The Balaban J connectivity index is 2.63. The lowest BCUT2D eigenvalue weighted by Crippen LogP contribution is -2.15. The normalized spacial score (nSPS) is 11.2. The largest absolute Gasteiger partial charge is 0.451 e. The summed E-state index contributed by atoms with van der Waals surface area (Å²) < 4.78 is 37.8. The average molecular weight is 291 g/mol. The quantitative estimate of drug-likeness (QED) is 0.664. The summed E-state index contributed by atoms with van der Waals surface area (Å²) in [6, 6.07) is 1.38. The number of nitrogens with two attached hydrogens (primary N) is 1. The first-order chi connectivity index (χ1) is 9.32. The molecule has 0 saturated heterocycles. The van der Waals surface area contributed by atoms with Gasteiger partial charge in [-0.15, -0.1) is 0 Å². The van der Waals surface area contributed by atoms with Gasteiger partial charge in [0.25, 0.3) is 0 Å². The fraction of sp³-hybridized carbons (Fsp3) is 0.545. The summed E-state index contributed by atoms with van der Waals surface area (Å²) in [5.41, 5.74) is 4.98. The Morgan fingerprint density at radius 1 is 1.30 bits per heavy atom. The van der Waals surface area contributed by atoms with Crippen LogP contribution in [-0.4, -0.2) is 29.5 Å². The van der Waals surface area contributed by atoms with Gasteiger partial charge in [0.1, 0.15) is 11.6 Å². The third-order valence-corrected chi connectivity index (χ3v) is 2.39. The Bertz CT molecular complexity index is 464. The SMILES string of the molecule is CNc1cc(NCCCCC(N)=O)nc(C(F)(F)F)n1. The van der Waals surface area contributed by atoms with Crippen molar-refractivity contribution in [3.05, 3.63) is 11.9 Å². The number of anilines is 2. The van der Waals surface area contributed by atoms with E-state index in [9.17, 15) is 18.0 Å². The standard InChI is InChI=1S/C11H16F3N5O/c1-16-8-6-9(17-5-3-2-4-7(15)20)19-10(18-8)11(12,13)14/h6H,2-5H2,1H3,(H2,15,20)(H2,16,17,18,19). The summed E-state index contributed by atoms with van der Waals surface area (Å²) in [5.74, 6) is -1.45. The Morgan fingerprint density at radius 2 is 1.95 bits per heavy atom. The van der Waals surface area contributed by atoms with Gasteiger partial charge in [-0.25, -0.2) is 9.97 Å². The van der Waals surface area contributed by atoms with Gasteiger partial charge in [0.05, 0.1) is 0 Å². The van der Waals surface area contributed by atoms with Crippen LogP contribution in [0.1, 0.15) is 25.1 Å². The number of nitrogens with one attached hydrogen (secondary N) is 2. The number of alkyl halides is 3. The van der Waals surface area contributed by atoms with E-state index in [0.717, 1.165) is 0 Å². The van der Waals surface area contributed by atoms with Crippen molar-refractivity contribution in [1.29, 1.82) is 0 Å². The van der Waals surface area contributed by atoms with E-state index < -0.39 is 17.9 Å². The Labute approximate surface area is 114 Å². The van der Waals surface area contributed by atoms with Gasteiger partial charge in [-0.3, -0.25) is 4.79 Å². The first kappa shape index (κ1) is 16.0. The van der Waals surface area contributed by atoms with Crippen LogP contribution in [0.25, 0.3) is 0 Å². The van der Waals surface area contributed by atoms with Gasteiger partial charge in [0.2, 0.25) is 11.7 Å². The van der Waals surface area contributed by atoms with Crippen LogP contribution in [0.3, 0.4) is 0 Å². The van der Waals surface area contributed by atoms with Crippen LogP contribution in [0.2, 0.25) is 0 Å². The molecule has 6 nitrogen and oxygen atoms in total. The Hall–Kier alpha value is -2.06. The van der Waals surface area contributed by atoms with Crippen molar-refractivity contribution in [3.63, 3.8) is 0 Å². The van der Waals surface area contributed by atoms with Gasteiger partial charge in [-0.05, 0) is 12.8 Å². The lowest BCUT2D eigenvalue weighted by molar-refractivity contribution is -0.144. The molecular formula is C11H16F3N5O. The maximum atomic E-state index is 12.6. The van der Waals surface area contributed by atoms with Gasteiger partial charge < -0.3 is 16.4 Å². The second kappa shape index (κ2) is 6.92. The lowest BCUT2D eigenvalue weighted by atomic mass is 10.2. The van der Waals surface area contributed by atoms with E-state index in [0.29, 0.717) is 19.4 Å². The highest BCUT2D eigenvalue weighted by molar-refractivity contribution is 5.73. The van der Waals surface area contributed by atoms with Crippen molar-refractivity contribution in [2.24, 2.45) is 5.73 Å². The number of hydrogen-bond acceptors (Lipinski definition) is 5. The highest BCUT2D eigenvalue weighted by atomic mass is 19.4. The molecule has 0 atom stereocenters. The molecule has 9 heteroatoms. The molecule has 4 N–H and O–H groups in total. The summed E-state index contributed by atoms with van der Waals surface area (Å²) in [6.45, 7) is 0.394. The molecular weight excluding hydrogens is 275 g/mol. The predicted octanol–water partition coefficient (Wildman–Crippen LogP) is 1.60. The summed E-state index contributed by atoms with van der Waals surface area (Å²) in [7, 11) is 1.47. The molecule has 20 heavy (non-hydrogen) atoms. The average Bonchev–Trinajstić information content (AvgIpc) is 2.36. The Morgan fingerprint density at radius 3 is 2.50 bits per heavy atom. The number of nitrogens with zero attached hydrogens (tertiary/aromatic N) is 2. The summed E-state index contributed by atoms with van der Waals surface area (Å²) in [5, 5.41) is 5.31. The molecule has 1 aromatic heterocycles. The van der Waals surface area contributed by atoms with E-state index in [2.05, 4.69) is 20.6 Å². The second-order valence-corrected chi connectivity index (χ2v) is 4.06. The molecule has 0 aliphatic rings. The molecule has 1 aromatic rings. The number of hydrogen-bond donors (Lipinski definition) is 3. The molecule has 1 amide bonds. The predicted molar refractivity (Wildman–Crippen MR) is 68.1 cm³/mol. The van der Waals surface area contributed by atoms with Crippen molar-refractivity contribution < 1.29 is 18.0 Å². The maximum absolute atomic E-state index is 12.6. The minimum absolute atomic E-state index is 0.0759. The van der Waals surface area contributed by atoms with Gasteiger partial charge in [-0.2, -0.15) is 13.2 Å². The monoisotopic (exact) mass is 291 g/mol. The fourth-order valence-electron chi connectivity index (χ4n) is 1.43. The number of halogens is 3. The number of carbonyl (C=O) groups is 1. The van der Waals surface area contributed by atoms with Crippen molar-refractivity contribution in [3.8, 4) is 0 Å². The molecule has 1 heterocycles. The van der Waals surface area contributed by atoms with Crippen LogP contribution in [0.5, 0.6) is 0 Å². The zero-order valence-electron chi connectivity index (χ0n) is 10.9. The first-order valence-electron chi connectivity index (χ1n) is 5.99. The zero-order valence-corrected chi connectivity index (χ0v) is 10.9. The number of primary amides is 1. The van der Waals surface area contributed by atoms with Crippen LogP contribution in [0.15, 0.2) is 6.07 Å². The van der Waals surface area contributed by atoms with E-state index in [4.69, 9.17) is 5.73 Å². The number of rotatable bonds is 7. The van der Waals surface area contributed by atoms with E-state index >= 15 is 0 Å². The van der Waals surface area contributed by atoms with Crippen LogP contribution in [-0.2, 0) is 11.0 Å². The number of unbranched alkanes of at least 4 members (excludes halogenated alkanes) is 1. The molecule has 0 aliphatic heterocycles. The molecule has 0 saturated carbocycles. The Kier molecular flexibility index (Phi) is 5.53. The third kappa shape index (κ3) is 5.29. The van der Waals surface area contributed by atoms with E-state index in [1.807, 2.05) is 0 Å². The number of amides is 1. The van der Waals surface area contributed by atoms with Crippen LogP contribution in [0, 0.1) is 0 Å². The molecule has 0 radical (unpaired) electrons. The smallest absolute Gasteiger partial charge is 0.373 e. The molecule has 1 rings (SSSR count).